The number of aromatic nitrogens is 2. The normalized spacial score (nSPS) is 10.9. The molecular weight excluding hydrogens is 192 g/mol. The number of hydrogen-bond donors (Lipinski definition) is 2. The van der Waals surface area contributed by atoms with E-state index in [0.717, 1.165) is 10.9 Å². The second-order valence-corrected chi connectivity index (χ2v) is 3.30. The molecule has 0 saturated carbocycles. The van der Waals surface area contributed by atoms with Crippen LogP contribution in [0.5, 0.6) is 5.75 Å². The Bertz CT molecular complexity index is 596. The summed E-state index contributed by atoms with van der Waals surface area (Å²) in [6.45, 7) is 0. The van der Waals surface area contributed by atoms with Crippen LogP contribution in [0.15, 0.2) is 41.1 Å². The molecule has 0 aliphatic carbocycles. The van der Waals surface area contributed by atoms with Crippen LogP contribution in [0.25, 0.3) is 22.2 Å². The van der Waals surface area contributed by atoms with Crippen molar-refractivity contribution in [2.45, 2.75) is 0 Å². The van der Waals surface area contributed by atoms with Crippen molar-refractivity contribution in [3.63, 3.8) is 0 Å². The molecule has 0 amide bonds. The first-order valence-corrected chi connectivity index (χ1v) is 4.54. The molecule has 2 N–H and O–H groups in total. The van der Waals surface area contributed by atoms with Gasteiger partial charge in [-0.2, -0.15) is 5.10 Å². The first-order chi connectivity index (χ1) is 7.34. The number of benzene rings is 1. The molecule has 0 unspecified atom stereocenters. The summed E-state index contributed by atoms with van der Waals surface area (Å²) >= 11 is 0. The van der Waals surface area contributed by atoms with Gasteiger partial charge in [0, 0.05) is 5.39 Å². The van der Waals surface area contributed by atoms with Crippen molar-refractivity contribution < 1.29 is 9.52 Å². The van der Waals surface area contributed by atoms with Crippen LogP contribution in [-0.4, -0.2) is 15.3 Å². The molecule has 0 bridgehead atoms. The molecule has 0 atom stereocenters. The van der Waals surface area contributed by atoms with Gasteiger partial charge in [-0.3, -0.25) is 5.10 Å². The number of nitrogens with one attached hydrogen (secondary N) is 1. The minimum atomic E-state index is 0.193. The van der Waals surface area contributed by atoms with E-state index in [4.69, 9.17) is 4.42 Å². The fraction of sp³-hybridized carbons (Fsp3) is 0. The average Bonchev–Trinajstić information content (AvgIpc) is 2.85. The minimum Gasteiger partial charge on any atom is -0.507 e. The smallest absolute Gasteiger partial charge is 0.137 e. The van der Waals surface area contributed by atoms with Gasteiger partial charge in [0.05, 0.1) is 23.5 Å². The second-order valence-electron chi connectivity index (χ2n) is 3.30. The summed E-state index contributed by atoms with van der Waals surface area (Å²) in [5.74, 6) is 0.836. The van der Waals surface area contributed by atoms with Crippen LogP contribution in [-0.2, 0) is 0 Å². The molecule has 4 heteroatoms. The minimum absolute atomic E-state index is 0.193. The molecule has 2 aromatic heterocycles. The van der Waals surface area contributed by atoms with Crippen LogP contribution in [0.3, 0.4) is 0 Å². The number of aromatic hydroxyl groups is 1. The van der Waals surface area contributed by atoms with Crippen molar-refractivity contribution in [3.05, 3.63) is 36.7 Å². The number of H-pyrrole nitrogens is 1. The second kappa shape index (κ2) is 2.88. The molecule has 0 radical (unpaired) electrons. The summed E-state index contributed by atoms with van der Waals surface area (Å²) in [7, 11) is 0. The van der Waals surface area contributed by atoms with E-state index < -0.39 is 0 Å². The largest absolute Gasteiger partial charge is 0.507 e. The van der Waals surface area contributed by atoms with E-state index in [0.29, 0.717) is 11.3 Å². The molecule has 0 spiro atoms. The molecule has 0 saturated heterocycles. The van der Waals surface area contributed by atoms with Gasteiger partial charge in [-0.05, 0) is 24.3 Å². The van der Waals surface area contributed by atoms with Gasteiger partial charge >= 0.3 is 0 Å². The molecule has 3 aromatic rings. The Balaban J connectivity index is 2.30. The summed E-state index contributed by atoms with van der Waals surface area (Å²) in [6, 6.07) is 7.07. The maximum absolute atomic E-state index is 9.80. The Morgan fingerprint density at radius 2 is 2.27 bits per heavy atom. The molecule has 3 rings (SSSR count). The fourth-order valence-corrected chi connectivity index (χ4v) is 1.61. The Morgan fingerprint density at radius 1 is 1.33 bits per heavy atom. The highest BCUT2D eigenvalue weighted by atomic mass is 16.3. The predicted octanol–water partition coefficient (Wildman–Crippen LogP) is 2.53. The van der Waals surface area contributed by atoms with Gasteiger partial charge in [-0.25, -0.2) is 0 Å². The third kappa shape index (κ3) is 1.19. The van der Waals surface area contributed by atoms with Crippen LogP contribution in [0.4, 0.5) is 0 Å². The molecule has 2 heterocycles. The van der Waals surface area contributed by atoms with E-state index >= 15 is 0 Å². The summed E-state index contributed by atoms with van der Waals surface area (Å²) in [5, 5.41) is 17.4. The zero-order valence-electron chi connectivity index (χ0n) is 7.77. The molecule has 0 aliphatic rings. The highest BCUT2D eigenvalue weighted by molar-refractivity contribution is 5.86. The molecule has 0 fully saturated rings. The van der Waals surface area contributed by atoms with Gasteiger partial charge in [0.25, 0.3) is 0 Å². The van der Waals surface area contributed by atoms with Gasteiger partial charge < -0.3 is 9.52 Å². The van der Waals surface area contributed by atoms with Crippen molar-refractivity contribution in [3.8, 4) is 17.1 Å². The third-order valence-corrected chi connectivity index (χ3v) is 2.34. The number of nitrogens with zero attached hydrogens (tertiary/aromatic N) is 1. The highest BCUT2D eigenvalue weighted by Gasteiger charge is 2.09. The van der Waals surface area contributed by atoms with Crippen molar-refractivity contribution in [1.29, 1.82) is 0 Å². The Morgan fingerprint density at radius 3 is 3.07 bits per heavy atom. The Kier molecular flexibility index (Phi) is 1.56. The number of phenolic OH excluding ortho intramolecular Hbond substituents is 1. The van der Waals surface area contributed by atoms with Crippen LogP contribution in [0.1, 0.15) is 0 Å². The van der Waals surface area contributed by atoms with E-state index in [1.54, 1.807) is 30.7 Å². The number of aromatic amines is 1. The Hall–Kier alpha value is -2.23. The highest BCUT2D eigenvalue weighted by Crippen LogP contribution is 2.32. The number of fused-ring (bicyclic) bond motifs is 1. The van der Waals surface area contributed by atoms with Crippen molar-refractivity contribution in [2.75, 3.05) is 0 Å². The third-order valence-electron chi connectivity index (χ3n) is 2.34. The standard InChI is InChI=1S/C11H8N2O2/c14-10-4-7-6-12-13-9(7)5-8(10)11-2-1-3-15-11/h1-6,14H,(H,12,13). The quantitative estimate of drug-likeness (QED) is 0.634. The topological polar surface area (TPSA) is 62.1 Å². The lowest BCUT2D eigenvalue weighted by Crippen LogP contribution is -1.77. The lowest BCUT2D eigenvalue weighted by atomic mass is 10.1. The van der Waals surface area contributed by atoms with Crippen LogP contribution >= 0.6 is 0 Å². The van der Waals surface area contributed by atoms with E-state index in [1.807, 2.05) is 6.07 Å². The molecule has 1 aromatic carbocycles. The molecule has 0 aliphatic heterocycles. The van der Waals surface area contributed by atoms with Gasteiger partial charge in [0.15, 0.2) is 0 Å². The monoisotopic (exact) mass is 200 g/mol. The van der Waals surface area contributed by atoms with Gasteiger partial charge in [-0.15, -0.1) is 0 Å². The number of furan rings is 1. The lowest BCUT2D eigenvalue weighted by molar-refractivity contribution is 0.474. The summed E-state index contributed by atoms with van der Waals surface area (Å²) in [6.07, 6.45) is 3.24. The van der Waals surface area contributed by atoms with E-state index in [2.05, 4.69) is 10.2 Å². The van der Waals surface area contributed by atoms with Gasteiger partial charge in [-0.1, -0.05) is 0 Å². The maximum atomic E-state index is 9.80. The fourth-order valence-electron chi connectivity index (χ4n) is 1.61. The molecule has 74 valence electrons. The van der Waals surface area contributed by atoms with Crippen molar-refractivity contribution in [2.24, 2.45) is 0 Å². The van der Waals surface area contributed by atoms with Gasteiger partial charge in [0.1, 0.15) is 11.5 Å². The van der Waals surface area contributed by atoms with Crippen molar-refractivity contribution in [1.82, 2.24) is 10.2 Å². The first kappa shape index (κ1) is 8.11. The molecular formula is C11H8N2O2. The SMILES string of the molecule is Oc1cc2cn[nH]c2cc1-c1ccco1. The van der Waals surface area contributed by atoms with E-state index in [1.165, 1.54) is 0 Å². The average molecular weight is 200 g/mol. The Labute approximate surface area is 85.2 Å². The first-order valence-electron chi connectivity index (χ1n) is 4.54. The van der Waals surface area contributed by atoms with Crippen LogP contribution < -0.4 is 0 Å². The molecule has 4 nitrogen and oxygen atoms in total. The summed E-state index contributed by atoms with van der Waals surface area (Å²) in [4.78, 5) is 0. The van der Waals surface area contributed by atoms with Crippen LogP contribution in [0.2, 0.25) is 0 Å². The number of phenols is 1. The predicted molar refractivity (Wildman–Crippen MR) is 55.5 cm³/mol. The lowest BCUT2D eigenvalue weighted by Gasteiger charge is -2.00. The number of hydrogen-bond acceptors (Lipinski definition) is 3. The zero-order chi connectivity index (χ0) is 10.3. The van der Waals surface area contributed by atoms with E-state index in [-0.39, 0.29) is 5.75 Å². The van der Waals surface area contributed by atoms with Crippen LogP contribution in [0, 0.1) is 0 Å². The number of rotatable bonds is 1. The maximum Gasteiger partial charge on any atom is 0.137 e. The van der Waals surface area contributed by atoms with E-state index in [9.17, 15) is 5.11 Å². The summed E-state index contributed by atoms with van der Waals surface area (Å²) in [5.41, 5.74) is 1.54. The summed E-state index contributed by atoms with van der Waals surface area (Å²) < 4.78 is 5.23. The van der Waals surface area contributed by atoms with Gasteiger partial charge in [0.2, 0.25) is 0 Å². The zero-order valence-corrected chi connectivity index (χ0v) is 7.77. The van der Waals surface area contributed by atoms with Crippen molar-refractivity contribution >= 4 is 10.9 Å². The molecule has 15 heavy (non-hydrogen) atoms.